The highest BCUT2D eigenvalue weighted by Gasteiger charge is 2.33. The Hall–Kier alpha value is -1.36. The van der Waals surface area contributed by atoms with E-state index in [9.17, 15) is 16.8 Å². The number of anilines is 1. The van der Waals surface area contributed by atoms with Crippen LogP contribution in [0.1, 0.15) is 13.8 Å². The van der Waals surface area contributed by atoms with Crippen LogP contribution in [0.2, 0.25) is 0 Å². The maximum Gasteiger partial charge on any atom is 0.245 e. The van der Waals surface area contributed by atoms with Gasteiger partial charge in [0.2, 0.25) is 20.0 Å². The molecule has 0 saturated carbocycles. The lowest BCUT2D eigenvalue weighted by Crippen LogP contribution is -2.52. The second-order valence-electron chi connectivity index (χ2n) is 5.54. The van der Waals surface area contributed by atoms with Gasteiger partial charge in [0.1, 0.15) is 10.6 Å². The summed E-state index contributed by atoms with van der Waals surface area (Å²) in [6.45, 7) is 4.72. The van der Waals surface area contributed by atoms with E-state index in [4.69, 9.17) is 4.74 Å². The van der Waals surface area contributed by atoms with Gasteiger partial charge in [-0.15, -0.1) is 0 Å². The molecule has 1 unspecified atom stereocenters. The molecule has 1 aromatic carbocycles. The topological polar surface area (TPSA) is 105 Å². The third-order valence-electron chi connectivity index (χ3n) is 3.86. The van der Waals surface area contributed by atoms with Crippen LogP contribution in [0.25, 0.3) is 0 Å². The summed E-state index contributed by atoms with van der Waals surface area (Å²) in [5.74, 6) is 0.212. The lowest BCUT2D eigenvalue weighted by atomic mass is 10.3. The van der Waals surface area contributed by atoms with Crippen molar-refractivity contribution in [3.05, 3.63) is 18.2 Å². The summed E-state index contributed by atoms with van der Waals surface area (Å²) in [7, 11) is -6.03. The van der Waals surface area contributed by atoms with Crippen molar-refractivity contribution in [2.24, 2.45) is 0 Å². The predicted octanol–water partition coefficient (Wildman–Crippen LogP) is 0.439. The van der Waals surface area contributed by atoms with Crippen molar-refractivity contribution in [3.8, 4) is 5.75 Å². The molecule has 1 aromatic rings. The Morgan fingerprint density at radius 3 is 2.62 bits per heavy atom. The third-order valence-corrected chi connectivity index (χ3v) is 7.22. The summed E-state index contributed by atoms with van der Waals surface area (Å²) in [6, 6.07) is 4.04. The summed E-state index contributed by atoms with van der Waals surface area (Å²) in [5, 5.41) is 3.13. The quantitative estimate of drug-likeness (QED) is 0.745. The van der Waals surface area contributed by atoms with E-state index in [1.54, 1.807) is 0 Å². The van der Waals surface area contributed by atoms with Gasteiger partial charge in [-0.1, -0.05) is 0 Å². The van der Waals surface area contributed by atoms with Crippen LogP contribution in [0.4, 0.5) is 5.69 Å². The Morgan fingerprint density at radius 2 is 2.04 bits per heavy atom. The molecule has 2 N–H and O–H groups in total. The first-order valence-corrected chi connectivity index (χ1v) is 10.7. The molecule has 1 atom stereocenters. The van der Waals surface area contributed by atoms with Crippen LogP contribution in [-0.2, 0) is 20.0 Å². The molecule has 1 saturated heterocycles. The van der Waals surface area contributed by atoms with Gasteiger partial charge in [-0.05, 0) is 26.0 Å². The number of ether oxygens (including phenoxy) is 1. The van der Waals surface area contributed by atoms with E-state index in [1.165, 1.54) is 36.5 Å². The van der Waals surface area contributed by atoms with Crippen LogP contribution in [0.15, 0.2) is 23.1 Å². The van der Waals surface area contributed by atoms with Crippen LogP contribution in [0.5, 0.6) is 5.75 Å². The fraction of sp³-hybridized carbons (Fsp3) is 0.571. The zero-order valence-electron chi connectivity index (χ0n) is 13.9. The van der Waals surface area contributed by atoms with Crippen molar-refractivity contribution in [3.63, 3.8) is 0 Å². The van der Waals surface area contributed by atoms with Crippen molar-refractivity contribution in [1.82, 2.24) is 9.62 Å². The highest BCUT2D eigenvalue weighted by atomic mass is 32.2. The minimum absolute atomic E-state index is 0.00179. The van der Waals surface area contributed by atoms with Crippen molar-refractivity contribution < 1.29 is 21.6 Å². The van der Waals surface area contributed by atoms with Gasteiger partial charge < -0.3 is 10.1 Å². The number of nitrogens with one attached hydrogen (secondary N) is 2. The molecule has 0 radical (unpaired) electrons. The molecule has 1 heterocycles. The fourth-order valence-corrected chi connectivity index (χ4v) is 4.96. The molecule has 0 spiro atoms. The number of nitrogens with zero attached hydrogens (tertiary/aromatic N) is 1. The number of methoxy groups -OCH3 is 1. The van der Waals surface area contributed by atoms with Gasteiger partial charge in [0.15, 0.2) is 0 Å². The number of hydrogen-bond donors (Lipinski definition) is 2. The standard InChI is InChI=1S/C14H23N3O5S2/c1-4-23(18,19)16-13-9-12(22-3)5-6-14(13)24(20,21)17-8-7-15-10-11(17)2/h5-6,9,11,15-16H,4,7-8,10H2,1-3H3. The lowest BCUT2D eigenvalue weighted by Gasteiger charge is -2.33. The molecule has 0 aliphatic carbocycles. The number of benzene rings is 1. The average molecular weight is 377 g/mol. The first kappa shape index (κ1) is 19.0. The number of sulfonamides is 2. The fourth-order valence-electron chi connectivity index (χ4n) is 2.49. The highest BCUT2D eigenvalue weighted by molar-refractivity contribution is 7.93. The molecule has 24 heavy (non-hydrogen) atoms. The summed E-state index contributed by atoms with van der Waals surface area (Å²) >= 11 is 0. The largest absolute Gasteiger partial charge is 0.497 e. The second kappa shape index (κ2) is 7.26. The SMILES string of the molecule is CCS(=O)(=O)Nc1cc(OC)ccc1S(=O)(=O)N1CCNCC1C. The molecule has 136 valence electrons. The number of piperazine rings is 1. The van der Waals surface area contributed by atoms with E-state index >= 15 is 0 Å². The zero-order chi connectivity index (χ0) is 18.0. The van der Waals surface area contributed by atoms with Crippen LogP contribution >= 0.6 is 0 Å². The van der Waals surface area contributed by atoms with E-state index in [0.29, 0.717) is 25.4 Å². The van der Waals surface area contributed by atoms with Crippen molar-refractivity contribution in [2.75, 3.05) is 37.2 Å². The summed E-state index contributed by atoms with van der Waals surface area (Å²) in [6.07, 6.45) is 0. The highest BCUT2D eigenvalue weighted by Crippen LogP contribution is 2.30. The Bertz CT molecular complexity index is 793. The maximum atomic E-state index is 13.0. The van der Waals surface area contributed by atoms with E-state index in [2.05, 4.69) is 10.0 Å². The lowest BCUT2D eigenvalue weighted by molar-refractivity contribution is 0.284. The predicted molar refractivity (Wildman–Crippen MR) is 92.3 cm³/mol. The Kier molecular flexibility index (Phi) is 5.74. The van der Waals surface area contributed by atoms with E-state index in [-0.39, 0.29) is 22.4 Å². The Morgan fingerprint density at radius 1 is 1.33 bits per heavy atom. The Balaban J connectivity index is 2.52. The van der Waals surface area contributed by atoms with Crippen LogP contribution in [0.3, 0.4) is 0 Å². The Labute approximate surface area is 143 Å². The minimum atomic E-state index is -3.84. The van der Waals surface area contributed by atoms with Gasteiger partial charge >= 0.3 is 0 Å². The molecule has 10 heteroatoms. The summed E-state index contributed by atoms with van der Waals surface area (Å²) < 4.78 is 58.7. The van der Waals surface area contributed by atoms with Gasteiger partial charge in [0.25, 0.3) is 0 Å². The van der Waals surface area contributed by atoms with Crippen LogP contribution in [0, 0.1) is 0 Å². The molecule has 1 aliphatic heterocycles. The van der Waals surface area contributed by atoms with Gasteiger partial charge in [0, 0.05) is 31.7 Å². The second-order valence-corrected chi connectivity index (χ2v) is 9.41. The molecule has 0 aromatic heterocycles. The van der Waals surface area contributed by atoms with Crippen LogP contribution < -0.4 is 14.8 Å². The van der Waals surface area contributed by atoms with E-state index in [0.717, 1.165) is 0 Å². The average Bonchev–Trinajstić information content (AvgIpc) is 2.54. The number of hydrogen-bond acceptors (Lipinski definition) is 6. The van der Waals surface area contributed by atoms with Crippen molar-refractivity contribution >= 4 is 25.7 Å². The molecule has 8 nitrogen and oxygen atoms in total. The molecule has 0 amide bonds. The summed E-state index contributed by atoms with van der Waals surface area (Å²) in [5.41, 5.74) is 0.00179. The molecule has 0 bridgehead atoms. The molecular formula is C14H23N3O5S2. The number of rotatable bonds is 6. The first-order valence-electron chi connectivity index (χ1n) is 7.62. The van der Waals surface area contributed by atoms with Gasteiger partial charge in [-0.25, -0.2) is 16.8 Å². The van der Waals surface area contributed by atoms with E-state index in [1.807, 2.05) is 6.92 Å². The van der Waals surface area contributed by atoms with Crippen LogP contribution in [-0.4, -0.2) is 59.7 Å². The summed E-state index contributed by atoms with van der Waals surface area (Å²) in [4.78, 5) is -0.0749. The monoisotopic (exact) mass is 377 g/mol. The smallest absolute Gasteiger partial charge is 0.245 e. The minimum Gasteiger partial charge on any atom is -0.497 e. The maximum absolute atomic E-state index is 13.0. The first-order chi connectivity index (χ1) is 11.2. The van der Waals surface area contributed by atoms with Gasteiger partial charge in [0.05, 0.1) is 18.6 Å². The third kappa shape index (κ3) is 4.00. The van der Waals surface area contributed by atoms with Crippen molar-refractivity contribution in [1.29, 1.82) is 0 Å². The zero-order valence-corrected chi connectivity index (χ0v) is 15.6. The molecule has 1 fully saturated rings. The molecule has 2 rings (SSSR count). The van der Waals surface area contributed by atoms with Gasteiger partial charge in [-0.3, -0.25) is 4.72 Å². The van der Waals surface area contributed by atoms with Crippen molar-refractivity contribution in [2.45, 2.75) is 24.8 Å². The molecular weight excluding hydrogens is 354 g/mol. The molecule has 1 aliphatic rings. The van der Waals surface area contributed by atoms with E-state index < -0.39 is 20.0 Å². The van der Waals surface area contributed by atoms with Gasteiger partial charge in [-0.2, -0.15) is 4.31 Å². The normalized spacial score (nSPS) is 19.9.